The van der Waals surface area contributed by atoms with Gasteiger partial charge in [-0.3, -0.25) is 19.3 Å². The topological polar surface area (TPSA) is 75.7 Å². The lowest BCUT2D eigenvalue weighted by Crippen LogP contribution is -2.39. The number of halogens is 1. The second kappa shape index (κ2) is 6.43. The lowest BCUT2D eigenvalue weighted by atomic mass is 9.85. The van der Waals surface area contributed by atoms with Crippen LogP contribution in [0.3, 0.4) is 0 Å². The first-order chi connectivity index (χ1) is 12.5. The molecule has 26 heavy (non-hydrogen) atoms. The van der Waals surface area contributed by atoms with Crippen molar-refractivity contribution in [3.63, 3.8) is 0 Å². The first-order valence-corrected chi connectivity index (χ1v) is 9.04. The van der Waals surface area contributed by atoms with Crippen LogP contribution < -0.4 is 10.1 Å². The van der Waals surface area contributed by atoms with Crippen molar-refractivity contribution in [3.05, 3.63) is 40.9 Å². The Labute approximate surface area is 156 Å². The lowest BCUT2D eigenvalue weighted by Gasteiger charge is -2.17. The van der Waals surface area contributed by atoms with Crippen LogP contribution in [-0.2, 0) is 9.59 Å². The van der Waals surface area contributed by atoms with Crippen LogP contribution in [0.5, 0.6) is 5.75 Å². The molecule has 0 spiro atoms. The summed E-state index contributed by atoms with van der Waals surface area (Å²) < 4.78 is 5.17. The van der Waals surface area contributed by atoms with Crippen LogP contribution >= 0.6 is 11.6 Å². The Hall–Kier alpha value is -2.34. The maximum atomic E-state index is 12.6. The molecule has 1 saturated heterocycles. The number of carbonyl (C=O) groups excluding carboxylic acids is 3. The zero-order valence-electron chi connectivity index (χ0n) is 14.3. The number of fused-ring (bicyclic) bond motifs is 5. The number of carbonyl (C=O) groups is 3. The van der Waals surface area contributed by atoms with Crippen LogP contribution in [0.1, 0.15) is 16.8 Å². The molecule has 1 aromatic rings. The van der Waals surface area contributed by atoms with Gasteiger partial charge in [-0.1, -0.05) is 23.8 Å². The summed E-state index contributed by atoms with van der Waals surface area (Å²) in [5.41, 5.74) is 0.318. The number of ether oxygens (including phenoxy) is 1. The number of likely N-dealkylation sites (tertiary alicyclic amines) is 1. The Morgan fingerprint density at radius 1 is 1.23 bits per heavy atom. The lowest BCUT2D eigenvalue weighted by molar-refractivity contribution is -0.140. The average molecular weight is 375 g/mol. The van der Waals surface area contributed by atoms with Gasteiger partial charge in [0.25, 0.3) is 5.91 Å². The van der Waals surface area contributed by atoms with Crippen LogP contribution in [0.15, 0.2) is 30.4 Å². The largest absolute Gasteiger partial charge is 0.496 e. The van der Waals surface area contributed by atoms with Crippen molar-refractivity contribution in [1.82, 2.24) is 10.2 Å². The first kappa shape index (κ1) is 17.1. The molecule has 2 fully saturated rings. The van der Waals surface area contributed by atoms with Crippen molar-refractivity contribution in [3.8, 4) is 5.75 Å². The van der Waals surface area contributed by atoms with Gasteiger partial charge in [0.05, 0.1) is 24.5 Å². The van der Waals surface area contributed by atoms with Gasteiger partial charge < -0.3 is 10.1 Å². The third-order valence-electron chi connectivity index (χ3n) is 5.59. The van der Waals surface area contributed by atoms with Crippen LogP contribution in [0.4, 0.5) is 0 Å². The number of hydrogen-bond acceptors (Lipinski definition) is 4. The van der Waals surface area contributed by atoms with E-state index in [4.69, 9.17) is 16.3 Å². The van der Waals surface area contributed by atoms with Crippen LogP contribution in [0.2, 0.25) is 5.02 Å². The molecule has 3 aliphatic rings. The zero-order valence-corrected chi connectivity index (χ0v) is 15.0. The van der Waals surface area contributed by atoms with Gasteiger partial charge in [-0.15, -0.1) is 0 Å². The molecule has 1 heterocycles. The monoisotopic (exact) mass is 374 g/mol. The highest BCUT2D eigenvalue weighted by molar-refractivity contribution is 6.31. The standard InChI is InChI=1S/C19H19ClN2O4/c1-26-14-5-4-12(20)9-13(14)17(23)21-6-7-22-18(24)15-10-2-3-11(8-10)16(15)19(22)25/h2-5,9-11,15-16H,6-8H2,1H3,(H,21,23)/t10-,11-,15-,16-/m0/s1. The van der Waals surface area contributed by atoms with E-state index in [-0.39, 0.29) is 54.5 Å². The molecule has 4 atom stereocenters. The third-order valence-corrected chi connectivity index (χ3v) is 5.82. The number of nitrogens with zero attached hydrogens (tertiary/aromatic N) is 1. The first-order valence-electron chi connectivity index (χ1n) is 8.66. The number of allylic oxidation sites excluding steroid dienone is 2. The summed E-state index contributed by atoms with van der Waals surface area (Å²) in [6.07, 6.45) is 5.04. The van der Waals surface area contributed by atoms with E-state index in [2.05, 4.69) is 17.5 Å². The van der Waals surface area contributed by atoms with Gasteiger partial charge in [-0.05, 0) is 36.5 Å². The van der Waals surface area contributed by atoms with E-state index in [1.54, 1.807) is 12.1 Å². The Bertz CT molecular complexity index is 792. The number of hydrogen-bond donors (Lipinski definition) is 1. The molecule has 1 aliphatic heterocycles. The minimum absolute atomic E-state index is 0.105. The van der Waals surface area contributed by atoms with Crippen molar-refractivity contribution < 1.29 is 19.1 Å². The Morgan fingerprint density at radius 3 is 2.50 bits per heavy atom. The smallest absolute Gasteiger partial charge is 0.255 e. The summed E-state index contributed by atoms with van der Waals surface area (Å²) in [5.74, 6) is -0.184. The Morgan fingerprint density at radius 2 is 1.88 bits per heavy atom. The van der Waals surface area contributed by atoms with Crippen molar-refractivity contribution in [1.29, 1.82) is 0 Å². The minimum Gasteiger partial charge on any atom is -0.496 e. The van der Waals surface area contributed by atoms with Crippen molar-refractivity contribution >= 4 is 29.3 Å². The molecule has 1 N–H and O–H groups in total. The number of nitrogens with one attached hydrogen (secondary N) is 1. The van der Waals surface area contributed by atoms with E-state index < -0.39 is 0 Å². The summed E-state index contributed by atoms with van der Waals surface area (Å²) in [6, 6.07) is 4.78. The van der Waals surface area contributed by atoms with Crippen molar-refractivity contribution in [2.75, 3.05) is 20.2 Å². The fourth-order valence-corrected chi connectivity index (χ4v) is 4.59. The zero-order chi connectivity index (χ0) is 18.4. The molecule has 0 radical (unpaired) electrons. The Kier molecular flexibility index (Phi) is 4.23. The van der Waals surface area contributed by atoms with Gasteiger partial charge in [0.1, 0.15) is 5.75 Å². The quantitative estimate of drug-likeness (QED) is 0.630. The summed E-state index contributed by atoms with van der Waals surface area (Å²) >= 11 is 5.94. The van der Waals surface area contributed by atoms with Gasteiger partial charge >= 0.3 is 0 Å². The van der Waals surface area contributed by atoms with E-state index >= 15 is 0 Å². The number of methoxy groups -OCH3 is 1. The average Bonchev–Trinajstić information content (AvgIpc) is 3.31. The minimum atomic E-state index is -0.356. The van der Waals surface area contributed by atoms with E-state index in [0.717, 1.165) is 6.42 Å². The molecule has 1 saturated carbocycles. The highest BCUT2D eigenvalue weighted by Gasteiger charge is 2.58. The van der Waals surface area contributed by atoms with Crippen molar-refractivity contribution in [2.45, 2.75) is 6.42 Å². The Balaban J connectivity index is 1.38. The van der Waals surface area contributed by atoms with Crippen LogP contribution in [0.25, 0.3) is 0 Å². The fourth-order valence-electron chi connectivity index (χ4n) is 4.42. The van der Waals surface area contributed by atoms with E-state index in [1.165, 1.54) is 18.1 Å². The van der Waals surface area contributed by atoms with E-state index in [9.17, 15) is 14.4 Å². The molecule has 4 rings (SSSR count). The van der Waals surface area contributed by atoms with E-state index in [1.807, 2.05) is 0 Å². The molecule has 0 unspecified atom stereocenters. The summed E-state index contributed by atoms with van der Waals surface area (Å²) in [4.78, 5) is 38.9. The predicted octanol–water partition coefficient (Wildman–Crippen LogP) is 1.89. The van der Waals surface area contributed by atoms with Crippen LogP contribution in [0, 0.1) is 23.7 Å². The number of amides is 3. The van der Waals surface area contributed by atoms with Gasteiger partial charge in [-0.2, -0.15) is 0 Å². The van der Waals surface area contributed by atoms with Crippen molar-refractivity contribution in [2.24, 2.45) is 23.7 Å². The second-order valence-corrected chi connectivity index (χ2v) is 7.36. The highest BCUT2D eigenvalue weighted by atomic mass is 35.5. The molecule has 7 heteroatoms. The summed E-state index contributed by atoms with van der Waals surface area (Å²) in [5, 5.41) is 3.16. The SMILES string of the molecule is COc1ccc(Cl)cc1C(=O)NCCN1C(=O)[C@@H]2[C@@H](C1=O)[C@H]1C=C[C@H]2C1. The maximum absolute atomic E-state index is 12.6. The molecule has 6 nitrogen and oxygen atoms in total. The molecular formula is C19H19ClN2O4. The molecule has 2 aliphatic carbocycles. The van der Waals surface area contributed by atoms with Gasteiger partial charge in [-0.25, -0.2) is 0 Å². The maximum Gasteiger partial charge on any atom is 0.255 e. The molecule has 136 valence electrons. The normalized spacial score (nSPS) is 28.6. The molecular weight excluding hydrogens is 356 g/mol. The molecule has 1 aromatic carbocycles. The van der Waals surface area contributed by atoms with Gasteiger partial charge in [0.15, 0.2) is 0 Å². The van der Waals surface area contributed by atoms with Gasteiger partial charge in [0, 0.05) is 18.1 Å². The highest BCUT2D eigenvalue weighted by Crippen LogP contribution is 2.52. The number of imide groups is 1. The number of rotatable bonds is 5. The summed E-state index contributed by atoms with van der Waals surface area (Å²) in [6.45, 7) is 0.368. The number of benzene rings is 1. The predicted molar refractivity (Wildman–Crippen MR) is 94.8 cm³/mol. The molecule has 3 amide bonds. The third kappa shape index (κ3) is 2.60. The van der Waals surface area contributed by atoms with Gasteiger partial charge in [0.2, 0.25) is 11.8 Å². The fraction of sp³-hybridized carbons (Fsp3) is 0.421. The van der Waals surface area contributed by atoms with E-state index in [0.29, 0.717) is 16.3 Å². The van der Waals surface area contributed by atoms with Crippen LogP contribution in [-0.4, -0.2) is 42.8 Å². The molecule has 2 bridgehead atoms. The molecule has 0 aromatic heterocycles. The second-order valence-electron chi connectivity index (χ2n) is 6.93. The summed E-state index contributed by atoms with van der Waals surface area (Å²) in [7, 11) is 1.47.